The Morgan fingerprint density at radius 3 is 2.81 bits per heavy atom. The van der Waals surface area contributed by atoms with E-state index in [-0.39, 0.29) is 0 Å². The molecule has 8 nitrogen and oxygen atoms in total. The number of thiophene rings is 1. The van der Waals surface area contributed by atoms with Crippen LogP contribution in [0, 0.1) is 0 Å². The summed E-state index contributed by atoms with van der Waals surface area (Å²) < 4.78 is 10.1. The van der Waals surface area contributed by atoms with Crippen LogP contribution in [0.25, 0.3) is 22.8 Å². The number of nitrogens with zero attached hydrogens (tertiary/aromatic N) is 4. The van der Waals surface area contributed by atoms with Gasteiger partial charge in [-0.1, -0.05) is 5.16 Å². The third-order valence-electron chi connectivity index (χ3n) is 3.72. The average molecular weight is 379 g/mol. The number of benzene rings is 1. The van der Waals surface area contributed by atoms with Crippen molar-refractivity contribution in [3.8, 4) is 22.8 Å². The average Bonchev–Trinajstić information content (AvgIpc) is 3.40. The second-order valence-corrected chi connectivity index (χ2v) is 6.19. The lowest BCUT2D eigenvalue weighted by Gasteiger charge is -2.08. The number of carbonyl (C=O) groups excluding carboxylic acids is 1. The van der Waals surface area contributed by atoms with Crippen molar-refractivity contribution in [1.82, 2.24) is 20.1 Å². The first-order chi connectivity index (χ1) is 13.2. The molecule has 1 aromatic carbocycles. The molecule has 0 bridgehead atoms. The standard InChI is InChI=1S/C18H13N5O3S/c1-25-18(24)11-2-4-13(5-3-11)21-16-14(8-19-10-20-16)17-22-15(23-26-17)12-6-7-27-9-12/h2-10H,1H3,(H,19,20,21). The van der Waals surface area contributed by atoms with E-state index >= 15 is 0 Å². The number of hydrogen-bond donors (Lipinski definition) is 1. The number of aromatic nitrogens is 4. The predicted molar refractivity (Wildman–Crippen MR) is 99.7 cm³/mol. The third-order valence-corrected chi connectivity index (χ3v) is 4.40. The molecule has 1 N–H and O–H groups in total. The Morgan fingerprint density at radius 1 is 1.22 bits per heavy atom. The highest BCUT2D eigenvalue weighted by Gasteiger charge is 2.16. The van der Waals surface area contributed by atoms with Crippen molar-refractivity contribution in [1.29, 1.82) is 0 Å². The van der Waals surface area contributed by atoms with Crippen molar-refractivity contribution >= 4 is 28.8 Å². The van der Waals surface area contributed by atoms with E-state index in [1.54, 1.807) is 41.8 Å². The van der Waals surface area contributed by atoms with Crippen molar-refractivity contribution in [2.75, 3.05) is 12.4 Å². The van der Waals surface area contributed by atoms with Crippen LogP contribution in [0.1, 0.15) is 10.4 Å². The Balaban J connectivity index is 1.61. The molecular formula is C18H13N5O3S. The molecule has 0 radical (unpaired) electrons. The van der Waals surface area contributed by atoms with E-state index in [0.29, 0.717) is 28.7 Å². The maximum Gasteiger partial charge on any atom is 0.337 e. The van der Waals surface area contributed by atoms with Crippen LogP contribution < -0.4 is 5.32 Å². The number of hydrogen-bond acceptors (Lipinski definition) is 9. The van der Waals surface area contributed by atoms with Gasteiger partial charge in [0.05, 0.1) is 12.7 Å². The van der Waals surface area contributed by atoms with E-state index in [9.17, 15) is 4.79 Å². The first kappa shape index (κ1) is 16.9. The molecule has 0 aliphatic carbocycles. The molecule has 4 rings (SSSR count). The van der Waals surface area contributed by atoms with Crippen LogP contribution in [0.15, 0.2) is 58.1 Å². The van der Waals surface area contributed by atoms with Gasteiger partial charge in [-0.2, -0.15) is 16.3 Å². The van der Waals surface area contributed by atoms with Gasteiger partial charge in [0.25, 0.3) is 5.89 Å². The molecule has 0 amide bonds. The Morgan fingerprint density at radius 2 is 2.07 bits per heavy atom. The zero-order valence-corrected chi connectivity index (χ0v) is 14.9. The van der Waals surface area contributed by atoms with Crippen LogP contribution in [0.4, 0.5) is 11.5 Å². The summed E-state index contributed by atoms with van der Waals surface area (Å²) >= 11 is 1.56. The van der Waals surface area contributed by atoms with Crippen LogP contribution >= 0.6 is 11.3 Å². The van der Waals surface area contributed by atoms with Gasteiger partial charge in [0.15, 0.2) is 0 Å². The number of anilines is 2. The van der Waals surface area contributed by atoms with Crippen molar-refractivity contribution in [3.05, 3.63) is 59.2 Å². The molecule has 4 aromatic rings. The summed E-state index contributed by atoms with van der Waals surface area (Å²) in [5.74, 6) is 0.932. The van der Waals surface area contributed by atoms with Gasteiger partial charge >= 0.3 is 5.97 Å². The van der Waals surface area contributed by atoms with Gasteiger partial charge in [0.1, 0.15) is 17.7 Å². The van der Waals surface area contributed by atoms with Gasteiger partial charge < -0.3 is 14.6 Å². The van der Waals surface area contributed by atoms with Gasteiger partial charge in [0, 0.05) is 22.8 Å². The quantitative estimate of drug-likeness (QED) is 0.523. The molecule has 9 heteroatoms. The van der Waals surface area contributed by atoms with E-state index in [4.69, 9.17) is 9.26 Å². The number of methoxy groups -OCH3 is 1. The van der Waals surface area contributed by atoms with Gasteiger partial charge in [-0.25, -0.2) is 14.8 Å². The molecule has 0 aliphatic heterocycles. The van der Waals surface area contributed by atoms with Crippen LogP contribution in [0.5, 0.6) is 0 Å². The molecule has 0 spiro atoms. The molecule has 0 saturated heterocycles. The van der Waals surface area contributed by atoms with E-state index in [1.165, 1.54) is 13.4 Å². The highest BCUT2D eigenvalue weighted by molar-refractivity contribution is 7.08. The molecular weight excluding hydrogens is 366 g/mol. The minimum atomic E-state index is -0.393. The van der Waals surface area contributed by atoms with Gasteiger partial charge in [-0.05, 0) is 35.7 Å². The minimum Gasteiger partial charge on any atom is -0.465 e. The first-order valence-corrected chi connectivity index (χ1v) is 8.81. The molecule has 0 unspecified atom stereocenters. The smallest absolute Gasteiger partial charge is 0.337 e. The highest BCUT2D eigenvalue weighted by atomic mass is 32.1. The van der Waals surface area contributed by atoms with Crippen molar-refractivity contribution in [2.45, 2.75) is 0 Å². The Bertz CT molecular complexity index is 1060. The molecule has 3 aromatic heterocycles. The maximum atomic E-state index is 11.5. The van der Waals surface area contributed by atoms with Gasteiger partial charge in [0.2, 0.25) is 5.82 Å². The van der Waals surface area contributed by atoms with Gasteiger partial charge in [-0.15, -0.1) is 0 Å². The van der Waals surface area contributed by atoms with Gasteiger partial charge in [-0.3, -0.25) is 0 Å². The summed E-state index contributed by atoms with van der Waals surface area (Å²) in [6.07, 6.45) is 3.02. The molecule has 0 fully saturated rings. The molecule has 27 heavy (non-hydrogen) atoms. The summed E-state index contributed by atoms with van der Waals surface area (Å²) in [6, 6.07) is 8.75. The van der Waals surface area contributed by atoms with Crippen molar-refractivity contribution in [2.24, 2.45) is 0 Å². The summed E-state index contributed by atoms with van der Waals surface area (Å²) in [5.41, 5.74) is 2.66. The number of rotatable bonds is 5. The van der Waals surface area contributed by atoms with Crippen LogP contribution in [-0.4, -0.2) is 33.2 Å². The van der Waals surface area contributed by atoms with Crippen LogP contribution in [0.2, 0.25) is 0 Å². The van der Waals surface area contributed by atoms with E-state index < -0.39 is 5.97 Å². The maximum absolute atomic E-state index is 11.5. The lowest BCUT2D eigenvalue weighted by atomic mass is 10.2. The number of nitrogens with one attached hydrogen (secondary N) is 1. The van der Waals surface area contributed by atoms with Crippen molar-refractivity contribution < 1.29 is 14.1 Å². The number of esters is 1. The topological polar surface area (TPSA) is 103 Å². The first-order valence-electron chi connectivity index (χ1n) is 7.86. The molecule has 134 valence electrons. The lowest BCUT2D eigenvalue weighted by molar-refractivity contribution is 0.0601. The number of carbonyl (C=O) groups is 1. The summed E-state index contributed by atoms with van der Waals surface area (Å²) in [4.78, 5) is 24.3. The Hall–Kier alpha value is -3.59. The highest BCUT2D eigenvalue weighted by Crippen LogP contribution is 2.29. The van der Waals surface area contributed by atoms with E-state index in [0.717, 1.165) is 11.3 Å². The normalized spacial score (nSPS) is 10.6. The molecule has 0 saturated carbocycles. The Labute approximate surface area is 157 Å². The SMILES string of the molecule is COC(=O)c1ccc(Nc2ncncc2-c2nc(-c3ccsc3)no2)cc1. The fraction of sp³-hybridized carbons (Fsp3) is 0.0556. The summed E-state index contributed by atoms with van der Waals surface area (Å²) in [6.45, 7) is 0. The van der Waals surface area contributed by atoms with E-state index in [2.05, 4.69) is 25.4 Å². The second-order valence-electron chi connectivity index (χ2n) is 5.41. The third kappa shape index (κ3) is 3.53. The second kappa shape index (κ2) is 7.34. The number of ether oxygens (including phenoxy) is 1. The fourth-order valence-electron chi connectivity index (χ4n) is 2.37. The fourth-order valence-corrected chi connectivity index (χ4v) is 3.01. The Kier molecular flexibility index (Phi) is 4.58. The predicted octanol–water partition coefficient (Wildman–Crippen LogP) is 3.79. The molecule has 3 heterocycles. The largest absolute Gasteiger partial charge is 0.465 e. The molecule has 0 aliphatic rings. The lowest BCUT2D eigenvalue weighted by Crippen LogP contribution is -2.02. The zero-order chi connectivity index (χ0) is 18.6. The molecule has 0 atom stereocenters. The van der Waals surface area contributed by atoms with Crippen LogP contribution in [0.3, 0.4) is 0 Å². The van der Waals surface area contributed by atoms with Crippen molar-refractivity contribution in [3.63, 3.8) is 0 Å². The monoisotopic (exact) mass is 379 g/mol. The minimum absolute atomic E-state index is 0.311. The zero-order valence-electron chi connectivity index (χ0n) is 14.1. The van der Waals surface area contributed by atoms with Crippen LogP contribution in [-0.2, 0) is 4.74 Å². The summed E-state index contributed by atoms with van der Waals surface area (Å²) in [5, 5.41) is 11.1. The van der Waals surface area contributed by atoms with E-state index in [1.807, 2.05) is 16.8 Å². The summed E-state index contributed by atoms with van der Waals surface area (Å²) in [7, 11) is 1.34.